The summed E-state index contributed by atoms with van der Waals surface area (Å²) >= 11 is 0. The summed E-state index contributed by atoms with van der Waals surface area (Å²) in [5.41, 5.74) is -0.412. The zero-order valence-corrected chi connectivity index (χ0v) is 18.4. The Hall–Kier alpha value is -4.46. The smallest absolute Gasteiger partial charge is 0.343 e. The molecule has 1 aliphatic heterocycles. The lowest BCUT2D eigenvalue weighted by atomic mass is 9.76. The zero-order valence-electron chi connectivity index (χ0n) is 18.4. The first-order valence-electron chi connectivity index (χ1n) is 10.6. The fourth-order valence-corrected chi connectivity index (χ4v) is 4.67. The highest BCUT2D eigenvalue weighted by atomic mass is 16.4. The highest BCUT2D eigenvalue weighted by Crippen LogP contribution is 2.43. The number of para-hydroxylation sites is 1. The van der Waals surface area contributed by atoms with Crippen molar-refractivity contribution in [3.8, 4) is 5.75 Å². The van der Waals surface area contributed by atoms with Gasteiger partial charge in [-0.15, -0.1) is 0 Å². The molecule has 8 heteroatoms. The van der Waals surface area contributed by atoms with Crippen molar-refractivity contribution < 1.29 is 23.9 Å². The minimum Gasteiger partial charge on any atom is -0.507 e. The Labute approximate surface area is 193 Å². The van der Waals surface area contributed by atoms with Crippen molar-refractivity contribution in [1.82, 2.24) is 9.80 Å². The second kappa shape index (κ2) is 7.84. The molecule has 2 heterocycles. The Morgan fingerprint density at radius 1 is 0.794 bits per heavy atom. The van der Waals surface area contributed by atoms with E-state index in [-0.39, 0.29) is 22.3 Å². The topological polar surface area (TPSA) is 108 Å². The number of benzene rings is 3. The van der Waals surface area contributed by atoms with Gasteiger partial charge in [-0.25, -0.2) is 9.59 Å². The van der Waals surface area contributed by atoms with Crippen molar-refractivity contribution in [3.05, 3.63) is 88.3 Å². The van der Waals surface area contributed by atoms with E-state index >= 15 is 0 Å². The number of hydrogen-bond donors (Lipinski definition) is 1. The summed E-state index contributed by atoms with van der Waals surface area (Å²) in [5.74, 6) is -4.57. The van der Waals surface area contributed by atoms with Crippen molar-refractivity contribution >= 4 is 39.6 Å². The maximum absolute atomic E-state index is 13.3. The molecular formula is C26H20N2O6. The summed E-state index contributed by atoms with van der Waals surface area (Å²) < 4.78 is 5.49. The molecule has 0 bridgehead atoms. The molecule has 0 spiro atoms. The number of aromatic hydroxyl groups is 1. The molecule has 5 rings (SSSR count). The Morgan fingerprint density at radius 2 is 1.38 bits per heavy atom. The number of imide groups is 2. The normalized spacial score (nSPS) is 16.0. The van der Waals surface area contributed by atoms with Gasteiger partial charge in [0.05, 0.1) is 10.9 Å². The predicted octanol–water partition coefficient (Wildman–Crippen LogP) is 3.45. The number of carbonyl (C=O) groups excluding carboxylic acids is 3. The number of urea groups is 1. The number of barbiturate groups is 1. The molecule has 1 aromatic heterocycles. The third-order valence-corrected chi connectivity index (χ3v) is 6.39. The van der Waals surface area contributed by atoms with Gasteiger partial charge in [0, 0.05) is 20.0 Å². The van der Waals surface area contributed by atoms with Crippen LogP contribution in [-0.2, 0) is 9.59 Å². The average molecular weight is 456 g/mol. The fraction of sp³-hybridized carbons (Fsp3) is 0.154. The van der Waals surface area contributed by atoms with Crippen LogP contribution in [0.1, 0.15) is 17.0 Å². The summed E-state index contributed by atoms with van der Waals surface area (Å²) in [5, 5.41) is 13.0. The Balaban J connectivity index is 1.87. The Bertz CT molecular complexity index is 1530. The highest BCUT2D eigenvalue weighted by Gasteiger charge is 2.49. The van der Waals surface area contributed by atoms with Gasteiger partial charge < -0.3 is 9.52 Å². The van der Waals surface area contributed by atoms with E-state index in [1.807, 2.05) is 24.3 Å². The number of carbonyl (C=O) groups is 3. The van der Waals surface area contributed by atoms with Crippen LogP contribution in [0.3, 0.4) is 0 Å². The molecule has 4 aromatic rings. The molecule has 3 aromatic carbocycles. The van der Waals surface area contributed by atoms with Crippen LogP contribution in [0.4, 0.5) is 4.79 Å². The molecule has 1 N–H and O–H groups in total. The van der Waals surface area contributed by atoms with Gasteiger partial charge in [-0.3, -0.25) is 19.4 Å². The van der Waals surface area contributed by atoms with E-state index in [0.29, 0.717) is 10.9 Å². The van der Waals surface area contributed by atoms with Gasteiger partial charge >= 0.3 is 11.7 Å². The van der Waals surface area contributed by atoms with Crippen LogP contribution < -0.4 is 5.63 Å². The standard InChI is InChI=1S/C26H20N2O6/c1-27-23(30)21(24(31)28(2)26(27)33)19(16-12-7-9-14-8-3-4-10-15(14)16)20-22(29)17-11-5-6-13-18(17)34-25(20)32/h3-13,19,21,29H,1-2H3. The largest absolute Gasteiger partial charge is 0.507 e. The van der Waals surface area contributed by atoms with E-state index in [0.717, 1.165) is 15.2 Å². The number of hydrogen-bond acceptors (Lipinski definition) is 6. The number of rotatable bonds is 3. The molecule has 1 saturated heterocycles. The van der Waals surface area contributed by atoms with Gasteiger partial charge in [-0.2, -0.15) is 0 Å². The van der Waals surface area contributed by atoms with Crippen molar-refractivity contribution in [2.24, 2.45) is 5.92 Å². The van der Waals surface area contributed by atoms with Gasteiger partial charge in [0.2, 0.25) is 11.8 Å². The third kappa shape index (κ3) is 3.07. The molecular weight excluding hydrogens is 436 g/mol. The molecule has 1 aliphatic rings. The Morgan fingerprint density at radius 3 is 2.09 bits per heavy atom. The molecule has 8 nitrogen and oxygen atoms in total. The Kier molecular flexibility index (Phi) is 4.93. The molecule has 4 amide bonds. The maximum Gasteiger partial charge on any atom is 0.343 e. The van der Waals surface area contributed by atoms with Crippen LogP contribution in [0.2, 0.25) is 0 Å². The second-order valence-electron chi connectivity index (χ2n) is 8.25. The lowest BCUT2D eigenvalue weighted by Crippen LogP contribution is -2.58. The fourth-order valence-electron chi connectivity index (χ4n) is 4.67. The van der Waals surface area contributed by atoms with Crippen LogP contribution >= 0.6 is 0 Å². The van der Waals surface area contributed by atoms with Gasteiger partial charge in [0.15, 0.2) is 0 Å². The first kappa shape index (κ1) is 21.4. The van der Waals surface area contributed by atoms with Crippen molar-refractivity contribution in [3.63, 3.8) is 0 Å². The van der Waals surface area contributed by atoms with Gasteiger partial charge in [-0.05, 0) is 28.5 Å². The molecule has 1 atom stereocenters. The zero-order chi connectivity index (χ0) is 24.1. The average Bonchev–Trinajstić information content (AvgIpc) is 2.85. The van der Waals surface area contributed by atoms with Crippen LogP contribution in [-0.4, -0.2) is 46.8 Å². The summed E-state index contributed by atoms with van der Waals surface area (Å²) in [6.45, 7) is 0. The van der Waals surface area contributed by atoms with Crippen LogP contribution in [0.15, 0.2) is 75.9 Å². The second-order valence-corrected chi connectivity index (χ2v) is 8.25. The molecule has 1 fully saturated rings. The summed E-state index contributed by atoms with van der Waals surface area (Å²) in [6, 6.07) is 18.4. The lowest BCUT2D eigenvalue weighted by Gasteiger charge is -2.36. The first-order valence-corrected chi connectivity index (χ1v) is 10.6. The van der Waals surface area contributed by atoms with E-state index in [1.54, 1.807) is 42.5 Å². The lowest BCUT2D eigenvalue weighted by molar-refractivity contribution is -0.148. The van der Waals surface area contributed by atoms with Crippen LogP contribution in [0.5, 0.6) is 5.75 Å². The van der Waals surface area contributed by atoms with Crippen molar-refractivity contribution in [1.29, 1.82) is 0 Å². The summed E-state index contributed by atoms with van der Waals surface area (Å²) in [7, 11) is 2.56. The number of fused-ring (bicyclic) bond motifs is 2. The van der Waals surface area contributed by atoms with E-state index < -0.39 is 35.3 Å². The summed E-state index contributed by atoms with van der Waals surface area (Å²) in [6.07, 6.45) is 0. The minimum absolute atomic E-state index is 0.177. The predicted molar refractivity (Wildman–Crippen MR) is 124 cm³/mol. The third-order valence-electron chi connectivity index (χ3n) is 6.39. The molecule has 170 valence electrons. The quantitative estimate of drug-likeness (QED) is 0.374. The molecule has 0 radical (unpaired) electrons. The number of amides is 4. The van der Waals surface area contributed by atoms with Gasteiger partial charge in [-0.1, -0.05) is 54.6 Å². The van der Waals surface area contributed by atoms with Gasteiger partial charge in [0.25, 0.3) is 0 Å². The van der Waals surface area contributed by atoms with E-state index in [9.17, 15) is 24.3 Å². The van der Waals surface area contributed by atoms with Crippen LogP contribution in [0, 0.1) is 5.92 Å². The summed E-state index contributed by atoms with van der Waals surface area (Å²) in [4.78, 5) is 54.0. The first-order chi connectivity index (χ1) is 16.3. The monoisotopic (exact) mass is 456 g/mol. The van der Waals surface area contributed by atoms with Crippen molar-refractivity contribution in [2.75, 3.05) is 14.1 Å². The SMILES string of the molecule is CN1C(=O)C(C(c2c(O)c3ccccc3oc2=O)c2cccc3ccccc23)C(=O)N(C)C1=O. The molecule has 34 heavy (non-hydrogen) atoms. The maximum atomic E-state index is 13.3. The van der Waals surface area contributed by atoms with E-state index in [1.165, 1.54) is 14.1 Å². The van der Waals surface area contributed by atoms with Crippen molar-refractivity contribution in [2.45, 2.75) is 5.92 Å². The molecule has 1 unspecified atom stereocenters. The number of nitrogens with zero attached hydrogens (tertiary/aromatic N) is 2. The minimum atomic E-state index is -1.46. The molecule has 0 saturated carbocycles. The van der Waals surface area contributed by atoms with Gasteiger partial charge in [0.1, 0.15) is 17.3 Å². The van der Waals surface area contributed by atoms with E-state index in [2.05, 4.69) is 0 Å². The molecule has 0 aliphatic carbocycles. The highest BCUT2D eigenvalue weighted by molar-refractivity contribution is 6.16. The van der Waals surface area contributed by atoms with E-state index in [4.69, 9.17) is 4.42 Å². The van der Waals surface area contributed by atoms with Crippen LogP contribution in [0.25, 0.3) is 21.7 Å².